The highest BCUT2D eigenvalue weighted by Crippen LogP contribution is 2.34. The van der Waals surface area contributed by atoms with Gasteiger partial charge in [0.25, 0.3) is 5.91 Å². The van der Waals surface area contributed by atoms with E-state index in [4.69, 9.17) is 0 Å². The van der Waals surface area contributed by atoms with Gasteiger partial charge >= 0.3 is 6.03 Å². The Kier molecular flexibility index (Phi) is 2.26. The van der Waals surface area contributed by atoms with E-state index < -0.39 is 11.6 Å². The summed E-state index contributed by atoms with van der Waals surface area (Å²) in [6, 6.07) is 8.71. The fourth-order valence-corrected chi connectivity index (χ4v) is 2.02. The minimum absolute atomic E-state index is 0.324. The first-order valence-corrected chi connectivity index (χ1v) is 5.14. The molecule has 0 radical (unpaired) electrons. The number of hydrogen-bond donors (Lipinski definition) is 1. The van der Waals surface area contributed by atoms with E-state index in [-0.39, 0.29) is 5.91 Å². The third-order valence-electron chi connectivity index (χ3n) is 2.57. The molecule has 3 amide bonds. The van der Waals surface area contributed by atoms with E-state index in [1.54, 1.807) is 6.92 Å². The SMILES string of the molecule is C[C@@]1(c2ccccc2)C(=O)NC(=O)N1Br. The second-order valence-corrected chi connectivity index (χ2v) is 4.19. The zero-order valence-corrected chi connectivity index (χ0v) is 9.61. The van der Waals surface area contributed by atoms with Gasteiger partial charge in [0.1, 0.15) is 0 Å². The molecule has 0 aromatic heterocycles. The third kappa shape index (κ3) is 1.34. The Hall–Kier alpha value is -1.36. The third-order valence-corrected chi connectivity index (χ3v) is 3.60. The van der Waals surface area contributed by atoms with Crippen LogP contribution in [0.4, 0.5) is 4.79 Å². The number of hydrogen-bond acceptors (Lipinski definition) is 2. The van der Waals surface area contributed by atoms with E-state index in [0.29, 0.717) is 0 Å². The number of urea groups is 1. The highest BCUT2D eigenvalue weighted by molar-refractivity contribution is 9.07. The Morgan fingerprint density at radius 2 is 1.87 bits per heavy atom. The Balaban J connectivity index is 2.51. The summed E-state index contributed by atoms with van der Waals surface area (Å²) in [4.78, 5) is 23.0. The summed E-state index contributed by atoms with van der Waals surface area (Å²) in [5.41, 5.74) is -0.205. The second kappa shape index (κ2) is 3.34. The van der Waals surface area contributed by atoms with E-state index in [2.05, 4.69) is 21.5 Å². The van der Waals surface area contributed by atoms with E-state index in [9.17, 15) is 9.59 Å². The fraction of sp³-hybridized carbons (Fsp3) is 0.200. The van der Waals surface area contributed by atoms with Crippen molar-refractivity contribution in [3.63, 3.8) is 0 Å². The quantitative estimate of drug-likeness (QED) is 0.624. The van der Waals surface area contributed by atoms with Crippen molar-refractivity contribution in [3.05, 3.63) is 35.9 Å². The lowest BCUT2D eigenvalue weighted by Gasteiger charge is -2.26. The van der Waals surface area contributed by atoms with Crippen LogP contribution in [0.25, 0.3) is 0 Å². The van der Waals surface area contributed by atoms with E-state index >= 15 is 0 Å². The van der Waals surface area contributed by atoms with Crippen LogP contribution in [0.1, 0.15) is 12.5 Å². The molecule has 0 unspecified atom stereocenters. The summed E-state index contributed by atoms with van der Waals surface area (Å²) >= 11 is 3.10. The second-order valence-electron chi connectivity index (χ2n) is 3.48. The zero-order valence-electron chi connectivity index (χ0n) is 8.03. The number of amides is 3. The zero-order chi connectivity index (χ0) is 11.1. The molecule has 1 saturated heterocycles. The maximum absolute atomic E-state index is 11.7. The summed E-state index contributed by atoms with van der Waals surface area (Å²) < 4.78 is 1.23. The maximum atomic E-state index is 11.7. The van der Waals surface area contributed by atoms with Crippen LogP contribution in [-0.2, 0) is 10.3 Å². The van der Waals surface area contributed by atoms with Gasteiger partial charge in [0.15, 0.2) is 5.54 Å². The van der Waals surface area contributed by atoms with Crippen molar-refractivity contribution in [1.82, 2.24) is 9.24 Å². The van der Waals surface area contributed by atoms with Crippen LogP contribution < -0.4 is 5.32 Å². The molecule has 4 nitrogen and oxygen atoms in total. The Bertz CT molecular complexity index is 421. The maximum Gasteiger partial charge on any atom is 0.335 e. The van der Waals surface area contributed by atoms with Crippen molar-refractivity contribution in [2.45, 2.75) is 12.5 Å². The molecule has 1 N–H and O–H groups in total. The van der Waals surface area contributed by atoms with Gasteiger partial charge in [0.05, 0.1) is 16.1 Å². The number of imide groups is 1. The standard InChI is InChI=1S/C10H9BrN2O2/c1-10(7-5-3-2-4-6-7)8(14)12-9(15)13(10)11/h2-6H,1H3,(H,12,14,15)/t10-/m1/s1. The number of carbonyl (C=O) groups excluding carboxylic acids is 2. The van der Waals surface area contributed by atoms with Crippen LogP contribution in [-0.4, -0.2) is 15.9 Å². The largest absolute Gasteiger partial charge is 0.335 e. The predicted molar refractivity (Wildman–Crippen MR) is 58.1 cm³/mol. The number of rotatable bonds is 1. The molecule has 15 heavy (non-hydrogen) atoms. The first-order valence-electron chi connectivity index (χ1n) is 4.44. The Morgan fingerprint density at radius 1 is 1.27 bits per heavy atom. The van der Waals surface area contributed by atoms with Crippen molar-refractivity contribution >= 4 is 28.1 Å². The summed E-state index contributed by atoms with van der Waals surface area (Å²) in [5, 5.41) is 2.26. The molecular formula is C10H9BrN2O2. The monoisotopic (exact) mass is 268 g/mol. The van der Waals surface area contributed by atoms with Gasteiger partial charge in [-0.15, -0.1) is 0 Å². The van der Waals surface area contributed by atoms with Gasteiger partial charge in [-0.1, -0.05) is 30.3 Å². The summed E-state index contributed by atoms with van der Waals surface area (Å²) in [7, 11) is 0. The molecule has 78 valence electrons. The van der Waals surface area contributed by atoms with Gasteiger partial charge in [-0.25, -0.2) is 8.72 Å². The van der Waals surface area contributed by atoms with Gasteiger partial charge < -0.3 is 0 Å². The van der Waals surface area contributed by atoms with Crippen molar-refractivity contribution in [3.8, 4) is 0 Å². The number of nitrogens with zero attached hydrogens (tertiary/aromatic N) is 1. The summed E-state index contributed by atoms with van der Waals surface area (Å²) in [6.07, 6.45) is 0. The highest BCUT2D eigenvalue weighted by atomic mass is 79.9. The van der Waals surface area contributed by atoms with Crippen molar-refractivity contribution < 1.29 is 9.59 Å². The van der Waals surface area contributed by atoms with Crippen LogP contribution in [0.3, 0.4) is 0 Å². The molecule has 0 aliphatic carbocycles. The molecule has 0 spiro atoms. The Morgan fingerprint density at radius 3 is 2.33 bits per heavy atom. The first kappa shape index (κ1) is 10.2. The summed E-state index contributed by atoms with van der Waals surface area (Å²) in [5.74, 6) is -0.324. The van der Waals surface area contributed by atoms with Crippen LogP contribution in [0.15, 0.2) is 30.3 Å². The molecule has 1 atom stereocenters. The van der Waals surface area contributed by atoms with Gasteiger partial charge in [-0.05, 0) is 12.5 Å². The van der Waals surface area contributed by atoms with Gasteiger partial charge in [-0.3, -0.25) is 10.1 Å². The van der Waals surface area contributed by atoms with Crippen LogP contribution in [0, 0.1) is 0 Å². The number of carbonyl (C=O) groups is 2. The smallest absolute Gasteiger partial charge is 0.275 e. The molecule has 5 heteroatoms. The van der Waals surface area contributed by atoms with E-state index in [1.807, 2.05) is 30.3 Å². The molecule has 0 saturated carbocycles. The number of benzene rings is 1. The highest BCUT2D eigenvalue weighted by Gasteiger charge is 2.49. The fourth-order valence-electron chi connectivity index (χ4n) is 1.57. The van der Waals surface area contributed by atoms with E-state index in [1.165, 1.54) is 3.93 Å². The van der Waals surface area contributed by atoms with Crippen LogP contribution in [0.2, 0.25) is 0 Å². The molecule has 1 heterocycles. The molecule has 2 rings (SSSR count). The minimum Gasteiger partial charge on any atom is -0.275 e. The van der Waals surface area contributed by atoms with Crippen molar-refractivity contribution in [2.75, 3.05) is 0 Å². The average molecular weight is 269 g/mol. The average Bonchev–Trinajstić information content (AvgIpc) is 2.45. The van der Waals surface area contributed by atoms with Gasteiger partial charge in [-0.2, -0.15) is 0 Å². The van der Waals surface area contributed by atoms with Crippen molar-refractivity contribution in [1.29, 1.82) is 0 Å². The first-order chi connectivity index (χ1) is 7.06. The van der Waals surface area contributed by atoms with E-state index in [0.717, 1.165) is 5.56 Å². The van der Waals surface area contributed by atoms with Crippen LogP contribution >= 0.6 is 16.1 Å². The van der Waals surface area contributed by atoms with Crippen LogP contribution in [0.5, 0.6) is 0 Å². The molecular weight excluding hydrogens is 260 g/mol. The molecule has 0 bridgehead atoms. The topological polar surface area (TPSA) is 49.4 Å². The lowest BCUT2D eigenvalue weighted by Crippen LogP contribution is -2.38. The molecule has 1 aromatic rings. The molecule has 1 aliphatic rings. The molecule has 1 fully saturated rings. The molecule has 1 aliphatic heterocycles. The van der Waals surface area contributed by atoms with Gasteiger partial charge in [0, 0.05) is 0 Å². The number of halogens is 1. The van der Waals surface area contributed by atoms with Crippen molar-refractivity contribution in [2.24, 2.45) is 0 Å². The minimum atomic E-state index is -0.974. The lowest BCUT2D eigenvalue weighted by atomic mass is 9.92. The predicted octanol–water partition coefficient (Wildman–Crippen LogP) is 1.76. The van der Waals surface area contributed by atoms with Gasteiger partial charge in [0.2, 0.25) is 0 Å². The molecule has 1 aromatic carbocycles. The normalized spacial score (nSPS) is 25.6. The Labute approximate surface area is 95.6 Å². The lowest BCUT2D eigenvalue weighted by molar-refractivity contribution is -0.124. The number of nitrogens with one attached hydrogen (secondary N) is 1. The summed E-state index contributed by atoms with van der Waals surface area (Å²) in [6.45, 7) is 1.69.